The zero-order valence-electron chi connectivity index (χ0n) is 11.6. The average molecular weight is 284 g/mol. The molecule has 0 aliphatic heterocycles. The van der Waals surface area contributed by atoms with Gasteiger partial charge in [-0.3, -0.25) is 9.78 Å². The van der Waals surface area contributed by atoms with E-state index in [1.807, 2.05) is 31.2 Å². The molecule has 2 N–H and O–H groups in total. The SMILES string of the molecule is Cc1cccc(C[C@@H](NC(=O)c2cccnc2)C(=O)O)c1. The van der Waals surface area contributed by atoms with E-state index in [2.05, 4.69) is 10.3 Å². The fraction of sp³-hybridized carbons (Fsp3) is 0.188. The number of carbonyl (C=O) groups excluding carboxylic acids is 1. The highest BCUT2D eigenvalue weighted by molar-refractivity contribution is 5.96. The predicted octanol–water partition coefficient (Wildman–Crippen LogP) is 1.82. The molecule has 0 bridgehead atoms. The number of carboxylic acids is 1. The van der Waals surface area contributed by atoms with Gasteiger partial charge in [0.25, 0.3) is 5.91 Å². The van der Waals surface area contributed by atoms with E-state index in [1.54, 1.807) is 18.3 Å². The van der Waals surface area contributed by atoms with E-state index < -0.39 is 17.9 Å². The number of hydrogen-bond acceptors (Lipinski definition) is 3. The average Bonchev–Trinajstić information content (AvgIpc) is 2.47. The van der Waals surface area contributed by atoms with Crippen LogP contribution in [-0.2, 0) is 11.2 Å². The maximum Gasteiger partial charge on any atom is 0.326 e. The van der Waals surface area contributed by atoms with Gasteiger partial charge in [0.05, 0.1) is 5.56 Å². The number of nitrogens with one attached hydrogen (secondary N) is 1. The highest BCUT2D eigenvalue weighted by atomic mass is 16.4. The summed E-state index contributed by atoms with van der Waals surface area (Å²) < 4.78 is 0. The van der Waals surface area contributed by atoms with Gasteiger partial charge in [-0.2, -0.15) is 0 Å². The van der Waals surface area contributed by atoms with Gasteiger partial charge in [-0.1, -0.05) is 29.8 Å². The van der Waals surface area contributed by atoms with Crippen molar-refractivity contribution in [2.24, 2.45) is 0 Å². The van der Waals surface area contributed by atoms with Crippen LogP contribution in [0.2, 0.25) is 0 Å². The lowest BCUT2D eigenvalue weighted by Gasteiger charge is -2.15. The lowest BCUT2D eigenvalue weighted by Crippen LogP contribution is -2.42. The number of nitrogens with zero attached hydrogens (tertiary/aromatic N) is 1. The van der Waals surface area contributed by atoms with E-state index in [0.29, 0.717) is 5.56 Å². The molecule has 1 atom stereocenters. The van der Waals surface area contributed by atoms with Gasteiger partial charge >= 0.3 is 5.97 Å². The second-order valence-electron chi connectivity index (χ2n) is 4.80. The first-order chi connectivity index (χ1) is 10.1. The Balaban J connectivity index is 2.09. The van der Waals surface area contributed by atoms with Gasteiger partial charge in [0.15, 0.2) is 0 Å². The van der Waals surface area contributed by atoms with Crippen molar-refractivity contribution in [2.45, 2.75) is 19.4 Å². The molecule has 1 aromatic heterocycles. The molecule has 1 amide bonds. The Kier molecular flexibility index (Phi) is 4.66. The zero-order chi connectivity index (χ0) is 15.2. The maximum absolute atomic E-state index is 12.0. The molecule has 108 valence electrons. The van der Waals surface area contributed by atoms with Crippen molar-refractivity contribution in [3.8, 4) is 0 Å². The van der Waals surface area contributed by atoms with Gasteiger partial charge in [0, 0.05) is 18.8 Å². The molecule has 5 nitrogen and oxygen atoms in total. The molecule has 1 heterocycles. The van der Waals surface area contributed by atoms with Gasteiger partial charge in [-0.05, 0) is 24.6 Å². The Hall–Kier alpha value is -2.69. The second kappa shape index (κ2) is 6.65. The smallest absolute Gasteiger partial charge is 0.326 e. The summed E-state index contributed by atoms with van der Waals surface area (Å²) in [6, 6.07) is 9.81. The number of benzene rings is 1. The third kappa shape index (κ3) is 4.14. The van der Waals surface area contributed by atoms with E-state index in [1.165, 1.54) is 6.20 Å². The highest BCUT2D eigenvalue weighted by Gasteiger charge is 2.21. The molecule has 0 saturated heterocycles. The van der Waals surface area contributed by atoms with E-state index in [-0.39, 0.29) is 6.42 Å². The fourth-order valence-corrected chi connectivity index (χ4v) is 2.01. The molecular weight excluding hydrogens is 268 g/mol. The third-order valence-corrected chi connectivity index (χ3v) is 3.05. The number of pyridine rings is 1. The van der Waals surface area contributed by atoms with Gasteiger partial charge in [-0.25, -0.2) is 4.79 Å². The second-order valence-corrected chi connectivity index (χ2v) is 4.80. The Morgan fingerprint density at radius 2 is 2.10 bits per heavy atom. The number of aryl methyl sites for hydroxylation is 1. The van der Waals surface area contributed by atoms with Crippen LogP contribution in [0.5, 0.6) is 0 Å². The van der Waals surface area contributed by atoms with Crippen molar-refractivity contribution in [3.63, 3.8) is 0 Å². The van der Waals surface area contributed by atoms with Crippen LogP contribution in [0.4, 0.5) is 0 Å². The van der Waals surface area contributed by atoms with E-state index >= 15 is 0 Å². The summed E-state index contributed by atoms with van der Waals surface area (Å²) in [6.07, 6.45) is 3.20. The van der Waals surface area contributed by atoms with Gasteiger partial charge in [-0.15, -0.1) is 0 Å². The quantitative estimate of drug-likeness (QED) is 0.877. The molecular formula is C16H16N2O3. The van der Waals surface area contributed by atoms with Crippen LogP contribution < -0.4 is 5.32 Å². The number of amides is 1. The van der Waals surface area contributed by atoms with Crippen LogP contribution in [0.3, 0.4) is 0 Å². The number of aliphatic carboxylic acids is 1. The van der Waals surface area contributed by atoms with Crippen molar-refractivity contribution < 1.29 is 14.7 Å². The predicted molar refractivity (Wildman–Crippen MR) is 78.0 cm³/mol. The van der Waals surface area contributed by atoms with Crippen molar-refractivity contribution in [1.29, 1.82) is 0 Å². The summed E-state index contributed by atoms with van der Waals surface area (Å²) in [7, 11) is 0. The van der Waals surface area contributed by atoms with E-state index in [4.69, 9.17) is 0 Å². The van der Waals surface area contributed by atoms with E-state index in [0.717, 1.165) is 11.1 Å². The molecule has 1 aromatic carbocycles. The molecule has 0 unspecified atom stereocenters. The summed E-state index contributed by atoms with van der Waals surface area (Å²) in [6.45, 7) is 1.94. The van der Waals surface area contributed by atoms with Crippen molar-refractivity contribution in [3.05, 3.63) is 65.5 Å². The Morgan fingerprint density at radius 3 is 2.71 bits per heavy atom. The van der Waals surface area contributed by atoms with Crippen LogP contribution in [0.1, 0.15) is 21.5 Å². The topological polar surface area (TPSA) is 79.3 Å². The van der Waals surface area contributed by atoms with Crippen LogP contribution in [0, 0.1) is 6.92 Å². The molecule has 21 heavy (non-hydrogen) atoms. The normalized spacial score (nSPS) is 11.7. The minimum absolute atomic E-state index is 0.239. The largest absolute Gasteiger partial charge is 0.480 e. The molecule has 0 aliphatic rings. The van der Waals surface area contributed by atoms with Gasteiger partial charge in [0.2, 0.25) is 0 Å². The van der Waals surface area contributed by atoms with E-state index in [9.17, 15) is 14.7 Å². The van der Waals surface area contributed by atoms with Crippen LogP contribution >= 0.6 is 0 Å². The molecule has 5 heteroatoms. The van der Waals surface area contributed by atoms with Crippen LogP contribution in [-0.4, -0.2) is 28.0 Å². The number of rotatable bonds is 5. The Labute approximate surface area is 122 Å². The van der Waals surface area contributed by atoms with Crippen molar-refractivity contribution in [2.75, 3.05) is 0 Å². The van der Waals surface area contributed by atoms with Gasteiger partial charge in [0.1, 0.15) is 6.04 Å². The van der Waals surface area contributed by atoms with Crippen molar-refractivity contribution in [1.82, 2.24) is 10.3 Å². The number of hydrogen-bond donors (Lipinski definition) is 2. The molecule has 0 aliphatic carbocycles. The summed E-state index contributed by atoms with van der Waals surface area (Å²) in [5, 5.41) is 11.8. The minimum Gasteiger partial charge on any atom is -0.480 e. The zero-order valence-corrected chi connectivity index (χ0v) is 11.6. The highest BCUT2D eigenvalue weighted by Crippen LogP contribution is 2.08. The minimum atomic E-state index is -1.06. The first kappa shape index (κ1) is 14.7. The summed E-state index contributed by atoms with van der Waals surface area (Å²) in [5.41, 5.74) is 2.26. The summed E-state index contributed by atoms with van der Waals surface area (Å²) >= 11 is 0. The first-order valence-corrected chi connectivity index (χ1v) is 6.55. The summed E-state index contributed by atoms with van der Waals surface area (Å²) in [4.78, 5) is 27.2. The molecule has 0 saturated carbocycles. The van der Waals surface area contributed by atoms with Crippen LogP contribution in [0.25, 0.3) is 0 Å². The van der Waals surface area contributed by atoms with Gasteiger partial charge < -0.3 is 10.4 Å². The molecule has 0 radical (unpaired) electrons. The molecule has 2 aromatic rings. The lowest BCUT2D eigenvalue weighted by atomic mass is 10.0. The Bertz CT molecular complexity index is 641. The maximum atomic E-state index is 12.0. The lowest BCUT2D eigenvalue weighted by molar-refractivity contribution is -0.139. The summed E-state index contributed by atoms with van der Waals surface area (Å²) in [5.74, 6) is -1.50. The molecule has 2 rings (SSSR count). The monoisotopic (exact) mass is 284 g/mol. The first-order valence-electron chi connectivity index (χ1n) is 6.55. The number of carbonyl (C=O) groups is 2. The molecule has 0 fully saturated rings. The van der Waals surface area contributed by atoms with Crippen molar-refractivity contribution >= 4 is 11.9 Å². The number of aromatic nitrogens is 1. The standard InChI is InChI=1S/C16H16N2O3/c1-11-4-2-5-12(8-11)9-14(16(20)21)18-15(19)13-6-3-7-17-10-13/h2-8,10,14H,9H2,1H3,(H,18,19)(H,20,21)/t14-/m1/s1. The third-order valence-electron chi connectivity index (χ3n) is 3.05. The fourth-order valence-electron chi connectivity index (χ4n) is 2.01. The molecule has 0 spiro atoms. The van der Waals surface area contributed by atoms with Crippen LogP contribution in [0.15, 0.2) is 48.8 Å². The number of carboxylic acid groups (broad SMARTS) is 1. The Morgan fingerprint density at radius 1 is 1.29 bits per heavy atom.